The topological polar surface area (TPSA) is 0 Å². The summed E-state index contributed by atoms with van der Waals surface area (Å²) >= 11 is 0. The Kier molecular flexibility index (Phi) is 12.1. The van der Waals surface area contributed by atoms with Crippen LogP contribution >= 0.6 is 33.7 Å². The van der Waals surface area contributed by atoms with Crippen LogP contribution in [0.3, 0.4) is 0 Å². The average Bonchev–Trinajstić information content (AvgIpc) is 3.07. The van der Waals surface area contributed by atoms with Crippen LogP contribution in [0.4, 0.5) is 0 Å². The van der Waals surface area contributed by atoms with Crippen LogP contribution in [-0.2, 0) is 0 Å². The van der Waals surface area contributed by atoms with Crippen LogP contribution < -0.4 is 31.8 Å². The van der Waals surface area contributed by atoms with Crippen molar-refractivity contribution >= 4 is 65.5 Å². The van der Waals surface area contributed by atoms with Crippen molar-refractivity contribution in [2.24, 2.45) is 0 Å². The highest BCUT2D eigenvalue weighted by Gasteiger charge is 2.33. The van der Waals surface area contributed by atoms with Gasteiger partial charge in [0.05, 0.1) is 0 Å². The first-order valence-electron chi connectivity index (χ1n) is 14.2. The van der Waals surface area contributed by atoms with E-state index < -0.39 is 15.8 Å². The molecule has 2 atom stereocenters. The summed E-state index contributed by atoms with van der Waals surface area (Å²) in [6.07, 6.45) is 1.18. The molecule has 42 heavy (non-hydrogen) atoms. The highest BCUT2D eigenvalue weighted by Crippen LogP contribution is 2.57. The number of benzene rings is 6. The van der Waals surface area contributed by atoms with Gasteiger partial charge in [-0.25, -0.2) is 0 Å². The maximum absolute atomic E-state index is 2.63. The van der Waals surface area contributed by atoms with Gasteiger partial charge in [0.25, 0.3) is 0 Å². The first-order valence-corrected chi connectivity index (χ1v) is 18.8. The molecule has 0 saturated heterocycles. The molecule has 0 aliphatic carbocycles. The van der Waals surface area contributed by atoms with Crippen molar-refractivity contribution in [2.45, 2.75) is 5.40 Å². The van der Waals surface area contributed by atoms with E-state index in [9.17, 15) is 0 Å². The SMILES string of the molecule is Pc1ccccc1.c1ccc(PCC(P(c2ccccc2)c2ccccc2)P(c2ccccc2)c2ccccc2)cc1. The summed E-state index contributed by atoms with van der Waals surface area (Å²) in [4.78, 5) is 0. The smallest absolute Gasteiger partial charge is 0.0194 e. The Bertz CT molecular complexity index is 1400. The third-order valence-electron chi connectivity index (χ3n) is 6.80. The second kappa shape index (κ2) is 16.6. The zero-order valence-corrected chi connectivity index (χ0v) is 27.5. The molecule has 0 amide bonds. The summed E-state index contributed by atoms with van der Waals surface area (Å²) in [5, 5.41) is 9.08. The van der Waals surface area contributed by atoms with Gasteiger partial charge in [0.2, 0.25) is 0 Å². The van der Waals surface area contributed by atoms with E-state index in [2.05, 4.69) is 161 Å². The largest absolute Gasteiger partial charge is 0.106 e. The van der Waals surface area contributed by atoms with Gasteiger partial charge in [-0.1, -0.05) is 191 Å². The lowest BCUT2D eigenvalue weighted by atomic mass is 10.4. The average molecular weight is 617 g/mol. The van der Waals surface area contributed by atoms with Crippen molar-refractivity contribution in [2.75, 3.05) is 6.16 Å². The highest BCUT2D eigenvalue weighted by molar-refractivity contribution is 7.90. The fourth-order valence-electron chi connectivity index (χ4n) is 4.86. The van der Waals surface area contributed by atoms with E-state index in [1.165, 1.54) is 38.0 Å². The molecular weight excluding hydrogens is 580 g/mol. The third kappa shape index (κ3) is 8.78. The fourth-order valence-corrected chi connectivity index (χ4v) is 14.4. The Morgan fingerprint density at radius 3 is 0.976 bits per heavy atom. The van der Waals surface area contributed by atoms with Gasteiger partial charge in [0, 0.05) is 5.40 Å². The second-order valence-electron chi connectivity index (χ2n) is 9.72. The molecule has 6 rings (SSSR count). The normalized spacial score (nSPS) is 11.1. The lowest BCUT2D eigenvalue weighted by Gasteiger charge is -2.36. The van der Waals surface area contributed by atoms with E-state index in [0.717, 1.165) is 8.58 Å². The van der Waals surface area contributed by atoms with Crippen molar-refractivity contribution < 1.29 is 0 Å². The van der Waals surface area contributed by atoms with Crippen LogP contribution in [0, 0.1) is 0 Å². The maximum Gasteiger partial charge on any atom is 0.0194 e. The van der Waals surface area contributed by atoms with E-state index >= 15 is 0 Å². The van der Waals surface area contributed by atoms with Crippen LogP contribution in [-0.4, -0.2) is 11.6 Å². The zero-order chi connectivity index (χ0) is 28.8. The molecule has 0 aromatic heterocycles. The Morgan fingerprint density at radius 1 is 0.405 bits per heavy atom. The molecule has 0 aliphatic rings. The van der Waals surface area contributed by atoms with E-state index in [4.69, 9.17) is 0 Å². The summed E-state index contributed by atoms with van der Waals surface area (Å²) < 4.78 is 0. The monoisotopic (exact) mass is 616 g/mol. The van der Waals surface area contributed by atoms with Crippen molar-refractivity contribution in [3.05, 3.63) is 182 Å². The van der Waals surface area contributed by atoms with Gasteiger partial charge in [-0.05, 0) is 53.8 Å². The molecule has 0 heterocycles. The zero-order valence-electron chi connectivity index (χ0n) is 23.6. The molecule has 208 valence electrons. The first-order chi connectivity index (χ1) is 20.8. The third-order valence-corrected chi connectivity index (χ3v) is 15.6. The van der Waals surface area contributed by atoms with E-state index in [-0.39, 0.29) is 0 Å². The predicted molar refractivity (Wildman–Crippen MR) is 197 cm³/mol. The fraction of sp³-hybridized carbons (Fsp3) is 0.0526. The summed E-state index contributed by atoms with van der Waals surface area (Å²) in [5.41, 5.74) is 0. The molecule has 4 heteroatoms. The minimum Gasteiger partial charge on any atom is -0.106 e. The molecule has 6 aromatic carbocycles. The lowest BCUT2D eigenvalue weighted by Crippen LogP contribution is -2.29. The van der Waals surface area contributed by atoms with E-state index in [1.807, 2.05) is 30.3 Å². The van der Waals surface area contributed by atoms with Crippen LogP contribution in [0.2, 0.25) is 0 Å². The quantitative estimate of drug-likeness (QED) is 0.146. The first kappa shape index (κ1) is 30.5. The molecular formula is C38H36P4. The maximum atomic E-state index is 2.63. The molecule has 0 spiro atoms. The Labute approximate surface area is 258 Å². The minimum atomic E-state index is -0.561. The molecule has 0 bridgehead atoms. The van der Waals surface area contributed by atoms with Crippen LogP contribution in [0.15, 0.2) is 182 Å². The summed E-state index contributed by atoms with van der Waals surface area (Å²) in [6, 6.07) is 66.2. The number of rotatable bonds is 9. The Balaban J connectivity index is 0.000000442. The lowest BCUT2D eigenvalue weighted by molar-refractivity contribution is 1.40. The predicted octanol–water partition coefficient (Wildman–Crippen LogP) is 7.77. The van der Waals surface area contributed by atoms with Crippen molar-refractivity contribution in [1.82, 2.24) is 0 Å². The van der Waals surface area contributed by atoms with Crippen LogP contribution in [0.25, 0.3) is 0 Å². The Morgan fingerprint density at radius 2 is 0.690 bits per heavy atom. The standard InChI is InChI=1S/C32H29P3.C6H7P/c1-6-16-27(17-7-1)33-26-32(34(28-18-8-2-9-19-28)29-20-10-3-11-21-29)35(30-22-12-4-13-23-30)31-24-14-5-15-25-31;7-6-4-2-1-3-5-6/h1-25,32-33H,26H2;1-5H,7H2. The minimum absolute atomic E-state index is 0.521. The van der Waals surface area contributed by atoms with Gasteiger partial charge in [-0.2, -0.15) is 0 Å². The molecule has 0 radical (unpaired) electrons. The van der Waals surface area contributed by atoms with Crippen molar-refractivity contribution in [3.8, 4) is 0 Å². The van der Waals surface area contributed by atoms with Gasteiger partial charge >= 0.3 is 0 Å². The van der Waals surface area contributed by atoms with Gasteiger partial charge < -0.3 is 0 Å². The molecule has 0 aliphatic heterocycles. The van der Waals surface area contributed by atoms with E-state index in [1.54, 1.807) is 0 Å². The number of hydrogen-bond acceptors (Lipinski definition) is 0. The van der Waals surface area contributed by atoms with Crippen LogP contribution in [0.5, 0.6) is 0 Å². The van der Waals surface area contributed by atoms with Gasteiger partial charge in [0.15, 0.2) is 0 Å². The molecule has 6 aromatic rings. The Hall–Kier alpha value is -2.96. The second-order valence-corrected chi connectivity index (χ2v) is 16.9. The molecule has 0 N–H and O–H groups in total. The van der Waals surface area contributed by atoms with Crippen molar-refractivity contribution in [3.63, 3.8) is 0 Å². The highest BCUT2D eigenvalue weighted by atomic mass is 31.2. The number of hydrogen-bond donors (Lipinski definition) is 0. The van der Waals surface area contributed by atoms with Crippen molar-refractivity contribution in [1.29, 1.82) is 0 Å². The molecule has 0 fully saturated rings. The van der Waals surface area contributed by atoms with E-state index in [0.29, 0.717) is 5.40 Å². The molecule has 0 nitrogen and oxygen atoms in total. The summed E-state index contributed by atoms with van der Waals surface area (Å²) in [5.74, 6) is 0. The van der Waals surface area contributed by atoms with Crippen LogP contribution in [0.1, 0.15) is 0 Å². The molecule has 0 saturated carbocycles. The van der Waals surface area contributed by atoms with Gasteiger partial charge in [-0.15, -0.1) is 9.24 Å². The molecule has 2 unspecified atom stereocenters. The van der Waals surface area contributed by atoms with Gasteiger partial charge in [0.1, 0.15) is 0 Å². The summed E-state index contributed by atoms with van der Waals surface area (Å²) in [7, 11) is 2.29. The summed E-state index contributed by atoms with van der Waals surface area (Å²) in [6.45, 7) is 0. The van der Waals surface area contributed by atoms with Gasteiger partial charge in [-0.3, -0.25) is 0 Å².